The lowest BCUT2D eigenvalue weighted by Gasteiger charge is -2.25. The molecule has 0 radical (unpaired) electrons. The van der Waals surface area contributed by atoms with Gasteiger partial charge in [0.25, 0.3) is 15.9 Å². The number of benzene rings is 3. The van der Waals surface area contributed by atoms with Gasteiger partial charge >= 0.3 is 0 Å². The molecule has 0 atom stereocenters. The van der Waals surface area contributed by atoms with Crippen LogP contribution in [0, 0.1) is 5.82 Å². The molecule has 1 aliphatic heterocycles. The number of nitrogens with zero attached hydrogens (tertiary/aromatic N) is 2. The number of anilines is 1. The van der Waals surface area contributed by atoms with Gasteiger partial charge in [-0.15, -0.1) is 0 Å². The highest BCUT2D eigenvalue weighted by atomic mass is 32.2. The molecule has 0 aromatic heterocycles. The van der Waals surface area contributed by atoms with E-state index in [1.165, 1.54) is 36.5 Å². The number of hydrazone groups is 1. The molecule has 3 aromatic rings. The minimum atomic E-state index is -4.24. The fourth-order valence-electron chi connectivity index (χ4n) is 3.56. The van der Waals surface area contributed by atoms with E-state index in [1.807, 2.05) is 0 Å². The van der Waals surface area contributed by atoms with E-state index in [0.29, 0.717) is 24.5 Å². The Labute approximate surface area is 220 Å². The van der Waals surface area contributed by atoms with Gasteiger partial charge in [0.2, 0.25) is 0 Å². The summed E-state index contributed by atoms with van der Waals surface area (Å²) in [4.78, 5) is 12.6. The highest BCUT2D eigenvalue weighted by Crippen LogP contribution is 2.34. The van der Waals surface area contributed by atoms with E-state index >= 15 is 0 Å². The van der Waals surface area contributed by atoms with Gasteiger partial charge in [0, 0.05) is 6.07 Å². The van der Waals surface area contributed by atoms with Crippen molar-refractivity contribution in [3.05, 3.63) is 78.1 Å². The summed E-state index contributed by atoms with van der Waals surface area (Å²) >= 11 is 0. The molecule has 0 unspecified atom stereocenters. The van der Waals surface area contributed by atoms with Gasteiger partial charge in [-0.25, -0.2) is 18.2 Å². The summed E-state index contributed by atoms with van der Waals surface area (Å²) in [6.45, 7) is 2.78. The Kier molecular flexibility index (Phi) is 8.80. The summed E-state index contributed by atoms with van der Waals surface area (Å²) in [5, 5.41) is 3.94. The highest BCUT2D eigenvalue weighted by molar-refractivity contribution is 7.92. The molecular formula is C27H28FN3O6S. The van der Waals surface area contributed by atoms with Crippen LogP contribution in [0.5, 0.6) is 17.2 Å². The largest absolute Gasteiger partial charge is 0.494 e. The second kappa shape index (κ2) is 12.4. The fourth-order valence-corrected chi connectivity index (χ4v) is 5.00. The number of nitrogens with one attached hydrogen (secondary N) is 1. The minimum Gasteiger partial charge on any atom is -0.494 e. The molecule has 4 rings (SSSR count). The molecule has 0 aliphatic carbocycles. The van der Waals surface area contributed by atoms with E-state index in [0.717, 1.165) is 35.0 Å². The molecule has 9 nitrogen and oxygen atoms in total. The van der Waals surface area contributed by atoms with E-state index in [1.54, 1.807) is 24.3 Å². The zero-order chi connectivity index (χ0) is 27.0. The van der Waals surface area contributed by atoms with Crippen molar-refractivity contribution in [2.45, 2.75) is 24.7 Å². The normalized spacial score (nSPS) is 12.8. The van der Waals surface area contributed by atoms with E-state index in [9.17, 15) is 17.6 Å². The summed E-state index contributed by atoms with van der Waals surface area (Å²) in [6, 6.07) is 16.2. The molecule has 0 spiro atoms. The lowest BCUT2D eigenvalue weighted by Crippen LogP contribution is -2.39. The van der Waals surface area contributed by atoms with E-state index in [4.69, 9.17) is 14.2 Å². The summed E-state index contributed by atoms with van der Waals surface area (Å²) in [6.07, 6.45) is 3.45. The van der Waals surface area contributed by atoms with Crippen molar-refractivity contribution in [1.82, 2.24) is 5.43 Å². The number of hydrogen-bond acceptors (Lipinski definition) is 7. The van der Waals surface area contributed by atoms with E-state index in [-0.39, 0.29) is 22.9 Å². The van der Waals surface area contributed by atoms with E-state index < -0.39 is 28.3 Å². The smallest absolute Gasteiger partial charge is 0.264 e. The fraction of sp³-hybridized carbons (Fsp3) is 0.259. The first-order valence-electron chi connectivity index (χ1n) is 12.1. The summed E-state index contributed by atoms with van der Waals surface area (Å²) < 4.78 is 58.1. The van der Waals surface area contributed by atoms with E-state index in [2.05, 4.69) is 17.5 Å². The second-order valence-corrected chi connectivity index (χ2v) is 10.2. The number of unbranched alkanes of at least 4 members (excludes halogenated alkanes) is 1. The SMILES string of the molecule is CCCCOc1ccc(/C=N\NC(=O)CN(c2ccc(F)cc2)S(=O)(=O)c2ccc3c(c2)OCCO3)cc1. The molecule has 0 fully saturated rings. The maximum atomic E-state index is 13.6. The number of hydrogen-bond donors (Lipinski definition) is 1. The third-order valence-electron chi connectivity index (χ3n) is 5.55. The molecule has 1 N–H and O–H groups in total. The molecule has 1 heterocycles. The molecule has 1 aliphatic rings. The molecule has 11 heteroatoms. The Bertz CT molecular complexity index is 1380. The van der Waals surface area contributed by atoms with Crippen molar-refractivity contribution < 1.29 is 31.8 Å². The van der Waals surface area contributed by atoms with Crippen molar-refractivity contribution in [1.29, 1.82) is 0 Å². The molecule has 3 aromatic carbocycles. The number of halogens is 1. The van der Waals surface area contributed by atoms with Crippen molar-refractivity contribution in [2.75, 3.05) is 30.7 Å². The summed E-state index contributed by atoms with van der Waals surface area (Å²) in [5.74, 6) is 0.217. The Morgan fingerprint density at radius 2 is 1.76 bits per heavy atom. The molecule has 1 amide bonds. The molecular weight excluding hydrogens is 513 g/mol. The number of rotatable bonds is 11. The van der Waals surface area contributed by atoms with Gasteiger partial charge in [0.15, 0.2) is 11.5 Å². The molecule has 200 valence electrons. The van der Waals surface area contributed by atoms with Gasteiger partial charge in [-0.2, -0.15) is 5.10 Å². The van der Waals surface area contributed by atoms with Crippen LogP contribution in [0.25, 0.3) is 0 Å². The first kappa shape index (κ1) is 26.9. The van der Waals surface area contributed by atoms with Crippen LogP contribution >= 0.6 is 0 Å². The van der Waals surface area contributed by atoms with Crippen LogP contribution in [-0.4, -0.2) is 46.9 Å². The number of ether oxygens (including phenoxy) is 3. The first-order valence-corrected chi connectivity index (χ1v) is 13.5. The Morgan fingerprint density at radius 1 is 1.05 bits per heavy atom. The first-order chi connectivity index (χ1) is 18.4. The minimum absolute atomic E-state index is 0.108. The van der Waals surface area contributed by atoms with Gasteiger partial charge < -0.3 is 14.2 Å². The third kappa shape index (κ3) is 6.80. The monoisotopic (exact) mass is 541 g/mol. The Balaban J connectivity index is 1.48. The lowest BCUT2D eigenvalue weighted by molar-refractivity contribution is -0.119. The zero-order valence-electron chi connectivity index (χ0n) is 20.8. The number of carbonyl (C=O) groups is 1. The van der Waals surface area contributed by atoms with Crippen LogP contribution in [0.3, 0.4) is 0 Å². The predicted octanol–water partition coefficient (Wildman–Crippen LogP) is 4.12. The molecule has 0 saturated carbocycles. The van der Waals surface area contributed by atoms with Crippen molar-refractivity contribution in [3.63, 3.8) is 0 Å². The Morgan fingerprint density at radius 3 is 2.47 bits per heavy atom. The number of sulfonamides is 1. The molecule has 0 bridgehead atoms. The van der Waals surface area contributed by atoms with Gasteiger partial charge in [-0.05, 0) is 72.6 Å². The van der Waals surface area contributed by atoms with Crippen molar-refractivity contribution in [3.8, 4) is 17.2 Å². The van der Waals surface area contributed by atoms with Gasteiger partial charge in [-0.1, -0.05) is 13.3 Å². The lowest BCUT2D eigenvalue weighted by atomic mass is 10.2. The molecule has 38 heavy (non-hydrogen) atoms. The third-order valence-corrected chi connectivity index (χ3v) is 7.32. The quantitative estimate of drug-likeness (QED) is 0.222. The number of fused-ring (bicyclic) bond motifs is 1. The van der Waals surface area contributed by atoms with Crippen LogP contribution < -0.4 is 23.9 Å². The summed E-state index contributed by atoms with van der Waals surface area (Å²) in [7, 11) is -4.24. The van der Waals surface area contributed by atoms with Crippen molar-refractivity contribution in [2.24, 2.45) is 5.10 Å². The van der Waals surface area contributed by atoms with Crippen molar-refractivity contribution >= 4 is 27.8 Å². The Hall–Kier alpha value is -4.12. The highest BCUT2D eigenvalue weighted by Gasteiger charge is 2.29. The van der Waals surface area contributed by atoms with Crippen LogP contribution in [0.1, 0.15) is 25.3 Å². The maximum absolute atomic E-state index is 13.6. The second-order valence-electron chi connectivity index (χ2n) is 8.36. The topological polar surface area (TPSA) is 107 Å². The zero-order valence-corrected chi connectivity index (χ0v) is 21.6. The van der Waals surface area contributed by atoms with Crippen LogP contribution in [-0.2, 0) is 14.8 Å². The number of carbonyl (C=O) groups excluding carboxylic acids is 1. The number of amides is 1. The van der Waals surface area contributed by atoms with Crippen LogP contribution in [0.15, 0.2) is 76.7 Å². The maximum Gasteiger partial charge on any atom is 0.264 e. The van der Waals surface area contributed by atoms with Crippen LogP contribution in [0.4, 0.5) is 10.1 Å². The van der Waals surface area contributed by atoms with Gasteiger partial charge in [0.05, 0.1) is 23.4 Å². The molecule has 0 saturated heterocycles. The standard InChI is InChI=1S/C27H28FN3O6S/c1-2-3-14-35-23-10-4-20(5-11-23)18-29-30-27(32)19-31(22-8-6-21(28)7-9-22)38(33,34)24-12-13-25-26(17-24)37-16-15-36-25/h4-13,17-18H,2-3,14-16,19H2,1H3,(H,30,32)/b29-18-. The van der Waals surface area contributed by atoms with Crippen LogP contribution in [0.2, 0.25) is 0 Å². The average molecular weight is 542 g/mol. The predicted molar refractivity (Wildman–Crippen MR) is 141 cm³/mol. The van der Waals surface area contributed by atoms with Gasteiger partial charge in [-0.3, -0.25) is 9.10 Å². The average Bonchev–Trinajstić information content (AvgIpc) is 2.93. The van der Waals surface area contributed by atoms with Gasteiger partial charge in [0.1, 0.15) is 31.3 Å². The summed E-state index contributed by atoms with van der Waals surface area (Å²) in [5.41, 5.74) is 3.17.